The van der Waals surface area contributed by atoms with Crippen LogP contribution in [0, 0.1) is 12.8 Å². The zero-order valence-corrected chi connectivity index (χ0v) is 23.3. The van der Waals surface area contributed by atoms with Gasteiger partial charge in [0.15, 0.2) is 0 Å². The predicted molar refractivity (Wildman–Crippen MR) is 157 cm³/mol. The molecular weight excluding hydrogens is 488 g/mol. The van der Waals surface area contributed by atoms with Gasteiger partial charge in [-0.1, -0.05) is 93.1 Å². The minimum absolute atomic E-state index is 0.0440. The molecule has 0 saturated heterocycles. The highest BCUT2D eigenvalue weighted by atomic mass is 32.1. The average Bonchev–Trinajstić information content (AvgIpc) is 3.37. The van der Waals surface area contributed by atoms with Crippen molar-refractivity contribution in [2.24, 2.45) is 5.92 Å². The average molecular weight is 525 g/mol. The van der Waals surface area contributed by atoms with Gasteiger partial charge < -0.3 is 9.80 Å². The van der Waals surface area contributed by atoms with Gasteiger partial charge in [0, 0.05) is 28.4 Å². The SMILES string of the molecule is CCC(C)CN(CC(=O)N(Cc1ccccc1)Cc1ccc(C)s1)C(=O)c1ccc(-c2ccccc2)cc1. The third-order valence-corrected chi connectivity index (χ3v) is 7.78. The van der Waals surface area contributed by atoms with Gasteiger partial charge in [0.25, 0.3) is 5.91 Å². The van der Waals surface area contributed by atoms with E-state index >= 15 is 0 Å². The summed E-state index contributed by atoms with van der Waals surface area (Å²) in [5.41, 5.74) is 3.85. The van der Waals surface area contributed by atoms with Crippen molar-refractivity contribution in [2.75, 3.05) is 13.1 Å². The second kappa shape index (κ2) is 13.2. The second-order valence-corrected chi connectivity index (χ2v) is 11.3. The summed E-state index contributed by atoms with van der Waals surface area (Å²) >= 11 is 1.71. The summed E-state index contributed by atoms with van der Waals surface area (Å²) in [5.74, 6) is 0.139. The Morgan fingerprint density at radius 3 is 2.00 bits per heavy atom. The van der Waals surface area contributed by atoms with Crippen LogP contribution in [0.3, 0.4) is 0 Å². The van der Waals surface area contributed by atoms with Gasteiger partial charge in [0.05, 0.1) is 6.54 Å². The van der Waals surface area contributed by atoms with E-state index in [0.29, 0.717) is 25.2 Å². The summed E-state index contributed by atoms with van der Waals surface area (Å²) in [7, 11) is 0. The Kier molecular flexibility index (Phi) is 9.50. The van der Waals surface area contributed by atoms with Gasteiger partial charge in [-0.3, -0.25) is 9.59 Å². The van der Waals surface area contributed by atoms with Crippen LogP contribution in [0.5, 0.6) is 0 Å². The van der Waals surface area contributed by atoms with Crippen LogP contribution < -0.4 is 0 Å². The molecule has 0 aliphatic carbocycles. The van der Waals surface area contributed by atoms with Gasteiger partial charge in [-0.05, 0) is 53.8 Å². The number of rotatable bonds is 11. The van der Waals surface area contributed by atoms with Gasteiger partial charge in [0.2, 0.25) is 5.91 Å². The fraction of sp³-hybridized carbons (Fsp3) is 0.273. The molecule has 0 aliphatic heterocycles. The maximum absolute atomic E-state index is 13.8. The van der Waals surface area contributed by atoms with Crippen LogP contribution in [-0.4, -0.2) is 34.7 Å². The molecule has 0 aliphatic rings. The highest BCUT2D eigenvalue weighted by Gasteiger charge is 2.24. The maximum Gasteiger partial charge on any atom is 0.254 e. The fourth-order valence-electron chi connectivity index (χ4n) is 4.40. The molecule has 196 valence electrons. The molecule has 1 atom stereocenters. The Labute approximate surface area is 230 Å². The molecule has 38 heavy (non-hydrogen) atoms. The summed E-state index contributed by atoms with van der Waals surface area (Å²) in [6.07, 6.45) is 0.938. The first kappa shape index (κ1) is 27.3. The minimum Gasteiger partial charge on any atom is -0.332 e. The molecule has 1 heterocycles. The molecule has 1 aromatic heterocycles. The number of thiophene rings is 1. The number of carbonyl (C=O) groups is 2. The van der Waals surface area contributed by atoms with E-state index in [1.54, 1.807) is 16.2 Å². The van der Waals surface area contributed by atoms with Crippen LogP contribution in [0.15, 0.2) is 97.1 Å². The Bertz CT molecular complexity index is 1320. The molecule has 0 saturated carbocycles. The van der Waals surface area contributed by atoms with E-state index in [1.807, 2.05) is 77.7 Å². The van der Waals surface area contributed by atoms with Crippen molar-refractivity contribution < 1.29 is 9.59 Å². The molecular formula is C33H36N2O2S. The molecule has 0 spiro atoms. The van der Waals surface area contributed by atoms with E-state index in [1.165, 1.54) is 4.88 Å². The summed E-state index contributed by atoms with van der Waals surface area (Å²) in [6, 6.07) is 32.0. The Hall–Kier alpha value is -3.70. The normalized spacial score (nSPS) is 11.7. The fourth-order valence-corrected chi connectivity index (χ4v) is 5.31. The zero-order chi connectivity index (χ0) is 26.9. The summed E-state index contributed by atoms with van der Waals surface area (Å²) < 4.78 is 0. The van der Waals surface area contributed by atoms with Crippen molar-refractivity contribution in [1.82, 2.24) is 9.80 Å². The molecule has 2 amide bonds. The lowest BCUT2D eigenvalue weighted by molar-refractivity contribution is -0.133. The molecule has 0 radical (unpaired) electrons. The van der Waals surface area contributed by atoms with E-state index < -0.39 is 0 Å². The molecule has 5 heteroatoms. The van der Waals surface area contributed by atoms with Crippen LogP contribution in [-0.2, 0) is 17.9 Å². The van der Waals surface area contributed by atoms with Gasteiger partial charge in [0.1, 0.15) is 6.54 Å². The molecule has 0 N–H and O–H groups in total. The van der Waals surface area contributed by atoms with Crippen LogP contribution in [0.4, 0.5) is 0 Å². The van der Waals surface area contributed by atoms with Crippen LogP contribution in [0.1, 0.15) is 45.9 Å². The quantitative estimate of drug-likeness (QED) is 0.205. The summed E-state index contributed by atoms with van der Waals surface area (Å²) in [6.45, 7) is 7.95. The van der Waals surface area contributed by atoms with Crippen molar-refractivity contribution >= 4 is 23.2 Å². The van der Waals surface area contributed by atoms with Crippen LogP contribution >= 0.6 is 11.3 Å². The number of carbonyl (C=O) groups excluding carboxylic acids is 2. The Morgan fingerprint density at radius 2 is 1.39 bits per heavy atom. The van der Waals surface area contributed by atoms with Gasteiger partial charge in [-0.2, -0.15) is 0 Å². The molecule has 4 aromatic rings. The van der Waals surface area contributed by atoms with Crippen molar-refractivity contribution in [3.8, 4) is 11.1 Å². The Morgan fingerprint density at radius 1 is 0.763 bits per heavy atom. The Balaban J connectivity index is 1.54. The number of hydrogen-bond donors (Lipinski definition) is 0. The molecule has 4 nitrogen and oxygen atoms in total. The van der Waals surface area contributed by atoms with E-state index in [4.69, 9.17) is 0 Å². The first-order valence-electron chi connectivity index (χ1n) is 13.2. The van der Waals surface area contributed by atoms with E-state index in [-0.39, 0.29) is 24.3 Å². The lowest BCUT2D eigenvalue weighted by Crippen LogP contribution is -2.44. The number of aryl methyl sites for hydroxylation is 1. The number of hydrogen-bond acceptors (Lipinski definition) is 3. The second-order valence-electron chi connectivity index (χ2n) is 9.89. The standard InChI is InChI=1S/C33H36N2O2S/c1-4-25(2)21-35(33(37)30-18-16-29(17-19-30)28-13-9-6-10-14-28)24-32(36)34(22-27-11-7-5-8-12-27)23-31-20-15-26(3)38-31/h5-20,25H,4,21-24H2,1-3H3. The number of nitrogens with zero attached hydrogens (tertiary/aromatic N) is 2. The molecule has 4 rings (SSSR count). The first-order chi connectivity index (χ1) is 18.4. The smallest absolute Gasteiger partial charge is 0.254 e. The highest BCUT2D eigenvalue weighted by Crippen LogP contribution is 2.22. The summed E-state index contributed by atoms with van der Waals surface area (Å²) in [5, 5.41) is 0. The van der Waals surface area contributed by atoms with E-state index in [9.17, 15) is 9.59 Å². The molecule has 0 bridgehead atoms. The maximum atomic E-state index is 13.8. The van der Waals surface area contributed by atoms with Crippen molar-refractivity contribution in [1.29, 1.82) is 0 Å². The zero-order valence-electron chi connectivity index (χ0n) is 22.5. The van der Waals surface area contributed by atoms with Crippen LogP contribution in [0.2, 0.25) is 0 Å². The molecule has 3 aromatic carbocycles. The topological polar surface area (TPSA) is 40.6 Å². The summed E-state index contributed by atoms with van der Waals surface area (Å²) in [4.78, 5) is 33.4. The predicted octanol–water partition coefficient (Wildman–Crippen LogP) is 7.44. The third kappa shape index (κ3) is 7.42. The molecule has 1 unspecified atom stereocenters. The van der Waals surface area contributed by atoms with E-state index in [0.717, 1.165) is 28.0 Å². The van der Waals surface area contributed by atoms with Crippen molar-refractivity contribution in [3.63, 3.8) is 0 Å². The van der Waals surface area contributed by atoms with E-state index in [2.05, 4.69) is 45.0 Å². The van der Waals surface area contributed by atoms with Crippen molar-refractivity contribution in [2.45, 2.75) is 40.3 Å². The van der Waals surface area contributed by atoms with Gasteiger partial charge >= 0.3 is 0 Å². The lowest BCUT2D eigenvalue weighted by Gasteiger charge is -2.29. The lowest BCUT2D eigenvalue weighted by atomic mass is 10.0. The van der Waals surface area contributed by atoms with Gasteiger partial charge in [-0.15, -0.1) is 11.3 Å². The monoisotopic (exact) mass is 524 g/mol. The van der Waals surface area contributed by atoms with Crippen LogP contribution in [0.25, 0.3) is 11.1 Å². The third-order valence-electron chi connectivity index (χ3n) is 6.79. The minimum atomic E-state index is -0.107. The van der Waals surface area contributed by atoms with Crippen molar-refractivity contribution in [3.05, 3.63) is 118 Å². The number of benzene rings is 3. The first-order valence-corrected chi connectivity index (χ1v) is 14.1. The van der Waals surface area contributed by atoms with Gasteiger partial charge in [-0.25, -0.2) is 0 Å². The highest BCUT2D eigenvalue weighted by molar-refractivity contribution is 7.11. The molecule has 0 fully saturated rings. The number of amides is 2. The largest absolute Gasteiger partial charge is 0.332 e.